The summed E-state index contributed by atoms with van der Waals surface area (Å²) in [4.78, 5) is 53.1. The Morgan fingerprint density at radius 1 is 1.12 bits per heavy atom. The molecule has 2 fully saturated rings. The van der Waals surface area contributed by atoms with Crippen LogP contribution in [0.4, 0.5) is 5.82 Å². The average molecular weight is 555 g/mol. The zero-order valence-corrected chi connectivity index (χ0v) is 23.6. The number of hydrogen-bond donors (Lipinski definition) is 2. The number of para-hydroxylation sites is 1. The second-order valence-electron chi connectivity index (χ2n) is 11.0. The maximum absolute atomic E-state index is 14.3. The summed E-state index contributed by atoms with van der Waals surface area (Å²) in [5.41, 5.74) is 7.68. The van der Waals surface area contributed by atoms with E-state index in [0.717, 1.165) is 46.8 Å². The zero-order chi connectivity index (χ0) is 28.8. The lowest BCUT2D eigenvalue weighted by Gasteiger charge is -2.33. The summed E-state index contributed by atoms with van der Waals surface area (Å²) in [7, 11) is 1.60. The number of nitrogens with one attached hydrogen (secondary N) is 1. The van der Waals surface area contributed by atoms with Gasteiger partial charge in [0.25, 0.3) is 11.5 Å². The first-order valence-corrected chi connectivity index (χ1v) is 14.1. The van der Waals surface area contributed by atoms with Crippen LogP contribution < -0.4 is 27.2 Å². The Labute approximate surface area is 237 Å². The molecule has 0 spiro atoms. The van der Waals surface area contributed by atoms with Crippen LogP contribution in [0.15, 0.2) is 33.9 Å². The first kappa shape index (κ1) is 26.8. The van der Waals surface area contributed by atoms with Gasteiger partial charge < -0.3 is 20.5 Å². The molecule has 0 unspecified atom stereocenters. The van der Waals surface area contributed by atoms with Crippen LogP contribution in [0.3, 0.4) is 0 Å². The number of fused-ring (bicyclic) bond motifs is 2. The van der Waals surface area contributed by atoms with Crippen molar-refractivity contribution in [3.8, 4) is 11.8 Å². The molecule has 1 saturated heterocycles. The van der Waals surface area contributed by atoms with E-state index in [-0.39, 0.29) is 36.6 Å². The van der Waals surface area contributed by atoms with Crippen molar-refractivity contribution in [3.63, 3.8) is 0 Å². The molecule has 1 amide bonds. The van der Waals surface area contributed by atoms with Gasteiger partial charge in [-0.15, -0.1) is 5.92 Å². The fourth-order valence-electron chi connectivity index (χ4n) is 5.81. The van der Waals surface area contributed by atoms with E-state index in [1.807, 2.05) is 31.2 Å². The number of nitrogens with zero attached hydrogens (tertiary/aromatic N) is 6. The number of nitrogens with two attached hydrogens (primary N) is 1. The molecule has 3 aromatic heterocycles. The number of aromatic nitrogens is 5. The number of hydrogen-bond acceptors (Lipinski definition) is 7. The van der Waals surface area contributed by atoms with Gasteiger partial charge in [0.2, 0.25) is 0 Å². The number of carbonyl (C=O) groups excluding carboxylic acids is 1. The average Bonchev–Trinajstić information content (AvgIpc) is 3.70. The van der Waals surface area contributed by atoms with Crippen molar-refractivity contribution >= 4 is 33.7 Å². The molecule has 6 rings (SSSR count). The number of aryl methyl sites for hydroxylation is 2. The number of piperidine rings is 1. The normalized spacial score (nSPS) is 17.1. The molecule has 212 valence electrons. The maximum atomic E-state index is 14.3. The van der Waals surface area contributed by atoms with E-state index >= 15 is 0 Å². The van der Waals surface area contributed by atoms with Crippen LogP contribution in [0.1, 0.15) is 54.5 Å². The van der Waals surface area contributed by atoms with Gasteiger partial charge in [-0.25, -0.2) is 14.8 Å². The van der Waals surface area contributed by atoms with Crippen LogP contribution in [0.2, 0.25) is 0 Å². The van der Waals surface area contributed by atoms with Crippen LogP contribution in [0.25, 0.3) is 21.9 Å². The Morgan fingerprint density at radius 3 is 2.63 bits per heavy atom. The number of carbonyl (C=O) groups is 1. The smallest absolute Gasteiger partial charge is 0.331 e. The molecule has 4 aromatic rings. The summed E-state index contributed by atoms with van der Waals surface area (Å²) in [5.74, 6) is 6.63. The van der Waals surface area contributed by atoms with E-state index < -0.39 is 11.2 Å². The van der Waals surface area contributed by atoms with E-state index in [1.54, 1.807) is 18.5 Å². The molecule has 1 aliphatic heterocycles. The Kier molecular flexibility index (Phi) is 6.87. The van der Waals surface area contributed by atoms with Crippen LogP contribution >= 0.6 is 0 Å². The fourth-order valence-corrected chi connectivity index (χ4v) is 5.81. The topological polar surface area (TPSA) is 133 Å². The van der Waals surface area contributed by atoms with Gasteiger partial charge in [0.05, 0.1) is 24.1 Å². The Morgan fingerprint density at radius 2 is 1.90 bits per heavy atom. The highest BCUT2D eigenvalue weighted by molar-refractivity contribution is 6.11. The third-order valence-electron chi connectivity index (χ3n) is 7.96. The minimum Gasteiger partial charge on any atom is -0.356 e. The Bertz CT molecular complexity index is 1870. The lowest BCUT2D eigenvalue weighted by molar-refractivity contribution is 0.0952. The molecular formula is C30H34N8O3. The quantitative estimate of drug-likeness (QED) is 0.346. The molecule has 0 bridgehead atoms. The molecule has 11 nitrogen and oxygen atoms in total. The Balaban J connectivity index is 1.60. The van der Waals surface area contributed by atoms with Gasteiger partial charge >= 0.3 is 5.69 Å². The van der Waals surface area contributed by atoms with E-state index in [1.165, 1.54) is 4.57 Å². The minimum atomic E-state index is -0.544. The number of anilines is 1. The molecule has 1 aromatic carbocycles. The molecule has 0 radical (unpaired) electrons. The molecule has 11 heteroatoms. The largest absolute Gasteiger partial charge is 0.356 e. The van der Waals surface area contributed by atoms with Gasteiger partial charge in [-0.05, 0) is 45.6 Å². The number of amides is 1. The highest BCUT2D eigenvalue weighted by atomic mass is 16.2. The summed E-state index contributed by atoms with van der Waals surface area (Å²) < 4.78 is 4.34. The van der Waals surface area contributed by atoms with Crippen molar-refractivity contribution in [1.82, 2.24) is 29.0 Å². The zero-order valence-electron chi connectivity index (χ0n) is 23.6. The summed E-state index contributed by atoms with van der Waals surface area (Å²) >= 11 is 0. The predicted octanol–water partition coefficient (Wildman–Crippen LogP) is 1.64. The summed E-state index contributed by atoms with van der Waals surface area (Å²) in [6.07, 6.45) is 3.55. The first-order valence-electron chi connectivity index (χ1n) is 14.1. The monoisotopic (exact) mass is 554 g/mol. The lowest BCUT2D eigenvalue weighted by Crippen LogP contribution is -2.44. The van der Waals surface area contributed by atoms with Crippen LogP contribution in [-0.2, 0) is 20.1 Å². The summed E-state index contributed by atoms with van der Waals surface area (Å²) in [6.45, 7) is 4.91. The van der Waals surface area contributed by atoms with E-state index in [0.29, 0.717) is 35.8 Å². The van der Waals surface area contributed by atoms with Gasteiger partial charge in [0.1, 0.15) is 22.7 Å². The molecule has 4 heterocycles. The Hall–Kier alpha value is -4.43. The van der Waals surface area contributed by atoms with Gasteiger partial charge in [-0.1, -0.05) is 24.1 Å². The number of rotatable bonds is 6. The first-order chi connectivity index (χ1) is 19.8. The molecule has 1 atom stereocenters. The van der Waals surface area contributed by atoms with Gasteiger partial charge in [0, 0.05) is 43.3 Å². The summed E-state index contributed by atoms with van der Waals surface area (Å²) in [5, 5.41) is 3.99. The third kappa shape index (κ3) is 4.78. The van der Waals surface area contributed by atoms with Gasteiger partial charge in [-0.2, -0.15) is 0 Å². The van der Waals surface area contributed by atoms with Crippen molar-refractivity contribution in [3.05, 3.63) is 62.2 Å². The van der Waals surface area contributed by atoms with Gasteiger partial charge in [0.15, 0.2) is 0 Å². The summed E-state index contributed by atoms with van der Waals surface area (Å²) in [6, 6.07) is 7.66. The van der Waals surface area contributed by atoms with Gasteiger partial charge in [-0.3, -0.25) is 18.7 Å². The number of benzene rings is 1. The third-order valence-corrected chi connectivity index (χ3v) is 7.96. The molecule has 1 saturated carbocycles. The van der Waals surface area contributed by atoms with Crippen molar-refractivity contribution in [1.29, 1.82) is 0 Å². The lowest BCUT2D eigenvalue weighted by atomic mass is 10.1. The van der Waals surface area contributed by atoms with E-state index in [9.17, 15) is 14.4 Å². The molecule has 3 N–H and O–H groups in total. The highest BCUT2D eigenvalue weighted by Crippen LogP contribution is 2.33. The SMILES string of the molecule is CC#CCn1c(N2CCC[C@@H](N)C2)c(C(=O)NC2CC2)c2c1c(=O)n(Cc1nc(C)c3ccccc3n1)c(=O)n2C. The molecule has 2 aliphatic rings. The van der Waals surface area contributed by atoms with E-state index in [2.05, 4.69) is 32.0 Å². The second kappa shape index (κ2) is 10.5. The predicted molar refractivity (Wildman–Crippen MR) is 158 cm³/mol. The van der Waals surface area contributed by atoms with Crippen molar-refractivity contribution < 1.29 is 4.79 Å². The molecule has 1 aliphatic carbocycles. The van der Waals surface area contributed by atoms with Crippen molar-refractivity contribution in [2.45, 2.75) is 64.7 Å². The van der Waals surface area contributed by atoms with Crippen LogP contribution in [0.5, 0.6) is 0 Å². The molecule has 41 heavy (non-hydrogen) atoms. The van der Waals surface area contributed by atoms with Crippen molar-refractivity contribution in [2.75, 3.05) is 18.0 Å². The maximum Gasteiger partial charge on any atom is 0.331 e. The molecular weight excluding hydrogens is 520 g/mol. The van der Waals surface area contributed by atoms with Crippen LogP contribution in [0, 0.1) is 18.8 Å². The van der Waals surface area contributed by atoms with Crippen LogP contribution in [-0.4, -0.2) is 54.7 Å². The standard InChI is InChI=1S/C30H34N8O3/c1-4-5-15-37-26-25(24(27(39)33-20-12-13-20)28(37)36-14-8-9-19(31)16-36)35(3)30(41)38(29(26)40)17-23-32-18(2)21-10-6-7-11-22(21)34-23/h6-7,10-11,19-20H,8-9,12-17,31H2,1-3H3,(H,33,39)/t19-/m1/s1. The second-order valence-corrected chi connectivity index (χ2v) is 11.0. The van der Waals surface area contributed by atoms with E-state index in [4.69, 9.17) is 5.73 Å². The fraction of sp³-hybridized carbons (Fsp3) is 0.433. The highest BCUT2D eigenvalue weighted by Gasteiger charge is 2.34. The minimum absolute atomic E-state index is 0.0689. The van der Waals surface area contributed by atoms with Crippen molar-refractivity contribution in [2.24, 2.45) is 12.8 Å².